The van der Waals surface area contributed by atoms with Gasteiger partial charge in [0, 0.05) is 0 Å². The first-order chi connectivity index (χ1) is 8.52. The standard InChI is InChI=1S/C11H13N5O2/c12-6-10(14)16-15-8-3-1-7(2-4-8)5-9(13)11(17)18/h1-4,9,15H,5,13H2,(H2,14,16)(H,17,18). The molecule has 0 fully saturated rings. The number of nitrogens with zero attached hydrogens (tertiary/aromatic N) is 2. The van der Waals surface area contributed by atoms with Gasteiger partial charge in [-0.15, -0.1) is 5.10 Å². The highest BCUT2D eigenvalue weighted by Crippen LogP contribution is 2.10. The molecule has 1 aromatic rings. The highest BCUT2D eigenvalue weighted by molar-refractivity contribution is 5.95. The highest BCUT2D eigenvalue weighted by Gasteiger charge is 2.11. The number of aliphatic carboxylic acids is 1. The first-order valence-electron chi connectivity index (χ1n) is 5.09. The number of nitriles is 1. The topological polar surface area (TPSA) is 138 Å². The monoisotopic (exact) mass is 247 g/mol. The number of anilines is 1. The number of carboxylic acid groups (broad SMARTS) is 1. The molecule has 0 spiro atoms. The molecule has 0 amide bonds. The SMILES string of the molecule is N#C/C(N)=N\Nc1ccc(CC(N)C(=O)O)cc1. The van der Waals surface area contributed by atoms with Gasteiger partial charge in [-0.25, -0.2) is 0 Å². The van der Waals surface area contributed by atoms with E-state index in [1.165, 1.54) is 0 Å². The van der Waals surface area contributed by atoms with Crippen LogP contribution in [0.15, 0.2) is 29.4 Å². The average molecular weight is 247 g/mol. The van der Waals surface area contributed by atoms with Crippen LogP contribution in [0.2, 0.25) is 0 Å². The van der Waals surface area contributed by atoms with Gasteiger partial charge in [0.05, 0.1) is 5.69 Å². The van der Waals surface area contributed by atoms with Crippen LogP contribution < -0.4 is 16.9 Å². The summed E-state index contributed by atoms with van der Waals surface area (Å²) < 4.78 is 0. The van der Waals surface area contributed by atoms with Crippen molar-refractivity contribution in [2.45, 2.75) is 12.5 Å². The van der Waals surface area contributed by atoms with Crippen LogP contribution in [-0.2, 0) is 11.2 Å². The molecule has 7 nitrogen and oxygen atoms in total. The lowest BCUT2D eigenvalue weighted by Crippen LogP contribution is -2.32. The quantitative estimate of drug-likeness (QED) is 0.324. The Balaban J connectivity index is 2.64. The Kier molecular flexibility index (Phi) is 4.66. The summed E-state index contributed by atoms with van der Waals surface area (Å²) in [5, 5.41) is 20.7. The predicted octanol–water partition coefficient (Wildman–Crippen LogP) is -0.151. The van der Waals surface area contributed by atoms with Crippen molar-refractivity contribution in [2.24, 2.45) is 16.6 Å². The van der Waals surface area contributed by atoms with E-state index in [1.54, 1.807) is 30.3 Å². The third kappa shape index (κ3) is 4.11. The number of hydrazone groups is 1. The zero-order valence-electron chi connectivity index (χ0n) is 9.50. The molecule has 0 aromatic heterocycles. The molecule has 0 heterocycles. The third-order valence-corrected chi connectivity index (χ3v) is 2.15. The number of nitrogens with two attached hydrogens (primary N) is 2. The maximum atomic E-state index is 10.6. The summed E-state index contributed by atoms with van der Waals surface area (Å²) in [6.07, 6.45) is 0.249. The number of benzene rings is 1. The van der Waals surface area contributed by atoms with Crippen molar-refractivity contribution < 1.29 is 9.90 Å². The van der Waals surface area contributed by atoms with Gasteiger partial charge in [0.2, 0.25) is 5.84 Å². The Labute approximate surface area is 104 Å². The molecule has 0 saturated heterocycles. The first kappa shape index (κ1) is 13.5. The molecule has 94 valence electrons. The zero-order valence-corrected chi connectivity index (χ0v) is 9.50. The molecular weight excluding hydrogens is 234 g/mol. The Bertz CT molecular complexity index is 489. The van der Waals surface area contributed by atoms with E-state index >= 15 is 0 Å². The van der Waals surface area contributed by atoms with Gasteiger partial charge in [0.25, 0.3) is 0 Å². The minimum atomic E-state index is -1.04. The van der Waals surface area contributed by atoms with E-state index in [4.69, 9.17) is 21.8 Å². The van der Waals surface area contributed by atoms with Crippen LogP contribution in [0.5, 0.6) is 0 Å². The van der Waals surface area contributed by atoms with Crippen LogP contribution in [0.4, 0.5) is 5.69 Å². The Morgan fingerprint density at radius 1 is 1.50 bits per heavy atom. The number of amidine groups is 1. The van der Waals surface area contributed by atoms with Crippen molar-refractivity contribution in [3.05, 3.63) is 29.8 Å². The number of hydrogen-bond acceptors (Lipinski definition) is 5. The fraction of sp³-hybridized carbons (Fsp3) is 0.182. The largest absolute Gasteiger partial charge is 0.480 e. The zero-order chi connectivity index (χ0) is 13.5. The molecule has 0 aliphatic carbocycles. The summed E-state index contributed by atoms with van der Waals surface area (Å²) >= 11 is 0. The lowest BCUT2D eigenvalue weighted by atomic mass is 10.1. The molecule has 18 heavy (non-hydrogen) atoms. The van der Waals surface area contributed by atoms with Gasteiger partial charge >= 0.3 is 5.97 Å². The van der Waals surface area contributed by atoms with Crippen LogP contribution in [0, 0.1) is 11.3 Å². The molecule has 0 aliphatic rings. The Hall–Kier alpha value is -2.59. The number of carbonyl (C=O) groups is 1. The molecule has 0 saturated carbocycles. The van der Waals surface area contributed by atoms with Crippen molar-refractivity contribution in [3.63, 3.8) is 0 Å². The molecule has 1 aromatic carbocycles. The summed E-state index contributed by atoms with van der Waals surface area (Å²) in [7, 11) is 0. The van der Waals surface area contributed by atoms with Crippen LogP contribution >= 0.6 is 0 Å². The fourth-order valence-electron chi connectivity index (χ4n) is 1.21. The fourth-order valence-corrected chi connectivity index (χ4v) is 1.21. The summed E-state index contributed by atoms with van der Waals surface area (Å²) in [5.74, 6) is -1.21. The highest BCUT2D eigenvalue weighted by atomic mass is 16.4. The molecular formula is C11H13N5O2. The van der Waals surface area contributed by atoms with Gasteiger partial charge in [-0.1, -0.05) is 12.1 Å². The molecule has 1 rings (SSSR count). The van der Waals surface area contributed by atoms with Crippen molar-refractivity contribution in [3.8, 4) is 6.07 Å². The summed E-state index contributed by atoms with van der Waals surface area (Å²) in [6, 6.07) is 7.58. The number of nitrogens with one attached hydrogen (secondary N) is 1. The molecule has 0 bridgehead atoms. The lowest BCUT2D eigenvalue weighted by Gasteiger charge is -2.07. The minimum absolute atomic E-state index is 0.174. The smallest absolute Gasteiger partial charge is 0.320 e. The van der Waals surface area contributed by atoms with Gasteiger partial charge < -0.3 is 16.6 Å². The van der Waals surface area contributed by atoms with Crippen molar-refractivity contribution in [1.29, 1.82) is 5.26 Å². The molecule has 0 radical (unpaired) electrons. The second kappa shape index (κ2) is 6.22. The number of carboxylic acids is 1. The molecule has 6 N–H and O–H groups in total. The Morgan fingerprint density at radius 2 is 2.11 bits per heavy atom. The second-order valence-corrected chi connectivity index (χ2v) is 3.57. The van der Waals surface area contributed by atoms with E-state index in [0.29, 0.717) is 5.69 Å². The van der Waals surface area contributed by atoms with Crippen molar-refractivity contribution >= 4 is 17.5 Å². The summed E-state index contributed by atoms with van der Waals surface area (Å²) in [6.45, 7) is 0. The molecule has 1 atom stereocenters. The number of hydrogen-bond donors (Lipinski definition) is 4. The van der Waals surface area contributed by atoms with Gasteiger partial charge in [0.1, 0.15) is 12.1 Å². The third-order valence-electron chi connectivity index (χ3n) is 2.15. The maximum absolute atomic E-state index is 10.6. The van der Waals surface area contributed by atoms with Crippen LogP contribution in [0.25, 0.3) is 0 Å². The second-order valence-electron chi connectivity index (χ2n) is 3.57. The van der Waals surface area contributed by atoms with Gasteiger partial charge in [-0.2, -0.15) is 5.26 Å². The maximum Gasteiger partial charge on any atom is 0.320 e. The van der Waals surface area contributed by atoms with E-state index in [1.807, 2.05) is 0 Å². The van der Waals surface area contributed by atoms with Crippen LogP contribution in [0.3, 0.4) is 0 Å². The minimum Gasteiger partial charge on any atom is -0.480 e. The summed E-state index contributed by atoms with van der Waals surface area (Å²) in [4.78, 5) is 10.6. The van der Waals surface area contributed by atoms with Crippen LogP contribution in [-0.4, -0.2) is 23.0 Å². The summed E-state index contributed by atoms with van der Waals surface area (Å²) in [5.41, 5.74) is 14.6. The Morgan fingerprint density at radius 3 is 2.61 bits per heavy atom. The van der Waals surface area contributed by atoms with Crippen LogP contribution in [0.1, 0.15) is 5.56 Å². The van der Waals surface area contributed by atoms with E-state index < -0.39 is 12.0 Å². The van der Waals surface area contributed by atoms with Gasteiger partial charge in [-0.3, -0.25) is 10.2 Å². The van der Waals surface area contributed by atoms with E-state index in [-0.39, 0.29) is 12.3 Å². The number of rotatable bonds is 5. The normalized spacial score (nSPS) is 12.6. The van der Waals surface area contributed by atoms with E-state index in [9.17, 15) is 4.79 Å². The van der Waals surface area contributed by atoms with Gasteiger partial charge in [-0.05, 0) is 24.1 Å². The van der Waals surface area contributed by atoms with Gasteiger partial charge in [0.15, 0.2) is 0 Å². The van der Waals surface area contributed by atoms with E-state index in [2.05, 4.69) is 10.5 Å². The van der Waals surface area contributed by atoms with Crippen molar-refractivity contribution in [2.75, 3.05) is 5.43 Å². The molecule has 1 unspecified atom stereocenters. The predicted molar refractivity (Wildman–Crippen MR) is 66.6 cm³/mol. The first-order valence-corrected chi connectivity index (χ1v) is 5.09. The van der Waals surface area contributed by atoms with E-state index in [0.717, 1.165) is 5.56 Å². The lowest BCUT2D eigenvalue weighted by molar-refractivity contribution is -0.138. The average Bonchev–Trinajstić information content (AvgIpc) is 2.37. The molecule has 0 aliphatic heterocycles. The molecule has 7 heteroatoms. The van der Waals surface area contributed by atoms with Crippen molar-refractivity contribution in [1.82, 2.24) is 0 Å².